The first-order valence-electron chi connectivity index (χ1n) is 6.24. The van der Waals surface area contributed by atoms with Crippen molar-refractivity contribution >= 4 is 5.97 Å². The van der Waals surface area contributed by atoms with Crippen LogP contribution in [0.25, 0.3) is 11.3 Å². The van der Waals surface area contributed by atoms with E-state index >= 15 is 0 Å². The van der Waals surface area contributed by atoms with Gasteiger partial charge in [0, 0.05) is 5.56 Å². The molecule has 7 heteroatoms. The Morgan fingerprint density at radius 3 is 2.32 bits per heavy atom. The molecule has 0 bridgehead atoms. The predicted octanol–water partition coefficient (Wildman–Crippen LogP) is 3.40. The molecule has 0 amide bonds. The molecule has 1 aromatic carbocycles. The first-order valence-corrected chi connectivity index (χ1v) is 6.24. The molecule has 2 rings (SSSR count). The molecule has 0 aliphatic rings. The van der Waals surface area contributed by atoms with Gasteiger partial charge in [-0.2, -0.15) is 13.2 Å². The topological polar surface area (TPSA) is 59.4 Å². The average molecular weight is 311 g/mol. The van der Waals surface area contributed by atoms with E-state index in [0.717, 1.165) is 12.1 Å². The zero-order valence-electron chi connectivity index (χ0n) is 11.5. The minimum atomic E-state index is -4.42. The number of benzene rings is 1. The Labute approximate surface area is 124 Å². The molecular weight excluding hydrogens is 299 g/mol. The van der Waals surface area contributed by atoms with E-state index in [1.54, 1.807) is 0 Å². The summed E-state index contributed by atoms with van der Waals surface area (Å²) in [7, 11) is 1.40. The zero-order valence-corrected chi connectivity index (χ0v) is 11.5. The molecule has 2 aromatic rings. The fourth-order valence-corrected chi connectivity index (χ4v) is 1.93. The maximum Gasteiger partial charge on any atom is 0.416 e. The molecule has 116 valence electrons. The molecule has 1 N–H and O–H groups in total. The smallest absolute Gasteiger partial charge is 0.416 e. The van der Waals surface area contributed by atoms with E-state index in [0.29, 0.717) is 22.7 Å². The summed E-state index contributed by atoms with van der Waals surface area (Å²) in [5.41, 5.74) is 0.243. The van der Waals surface area contributed by atoms with Crippen LogP contribution >= 0.6 is 0 Å². The molecule has 1 aromatic heterocycles. The van der Waals surface area contributed by atoms with Gasteiger partial charge in [-0.25, -0.2) is 4.98 Å². The van der Waals surface area contributed by atoms with Crippen LogP contribution in [0.2, 0.25) is 0 Å². The van der Waals surface area contributed by atoms with Crippen LogP contribution in [0.3, 0.4) is 0 Å². The van der Waals surface area contributed by atoms with Crippen LogP contribution in [0.1, 0.15) is 11.3 Å². The molecule has 0 saturated carbocycles. The largest absolute Gasteiger partial charge is 0.494 e. The van der Waals surface area contributed by atoms with Gasteiger partial charge in [0.25, 0.3) is 0 Å². The standard InChI is InChI=1S/C15H12F3NO3/c1-22-12-7-6-11(8-13(20)21)19-14(12)9-2-4-10(5-3-9)15(16,17)18/h2-7H,8H2,1H3,(H,20,21). The number of nitrogens with zero attached hydrogens (tertiary/aromatic N) is 1. The molecule has 4 nitrogen and oxygen atoms in total. The van der Waals surface area contributed by atoms with E-state index in [2.05, 4.69) is 4.98 Å². The van der Waals surface area contributed by atoms with Crippen molar-refractivity contribution in [2.45, 2.75) is 12.6 Å². The highest BCUT2D eigenvalue weighted by molar-refractivity contribution is 5.71. The number of pyridine rings is 1. The van der Waals surface area contributed by atoms with Crippen molar-refractivity contribution in [3.05, 3.63) is 47.7 Å². The first kappa shape index (κ1) is 15.8. The van der Waals surface area contributed by atoms with E-state index in [1.807, 2.05) is 0 Å². The third-order valence-electron chi connectivity index (χ3n) is 2.95. The van der Waals surface area contributed by atoms with Crippen molar-refractivity contribution in [3.63, 3.8) is 0 Å². The molecule has 0 spiro atoms. The van der Waals surface area contributed by atoms with Gasteiger partial charge in [-0.15, -0.1) is 0 Å². The maximum absolute atomic E-state index is 12.6. The van der Waals surface area contributed by atoms with Gasteiger partial charge in [0.2, 0.25) is 0 Å². The van der Waals surface area contributed by atoms with Crippen LogP contribution in [0.5, 0.6) is 5.75 Å². The summed E-state index contributed by atoms with van der Waals surface area (Å²) in [6, 6.07) is 7.48. The summed E-state index contributed by atoms with van der Waals surface area (Å²) in [4.78, 5) is 14.9. The number of carboxylic acid groups (broad SMARTS) is 1. The lowest BCUT2D eigenvalue weighted by atomic mass is 10.1. The highest BCUT2D eigenvalue weighted by Gasteiger charge is 2.30. The van der Waals surface area contributed by atoms with Crippen molar-refractivity contribution in [1.82, 2.24) is 4.98 Å². The Morgan fingerprint density at radius 2 is 1.82 bits per heavy atom. The first-order chi connectivity index (χ1) is 10.3. The molecule has 0 aliphatic heterocycles. The third-order valence-corrected chi connectivity index (χ3v) is 2.95. The minimum absolute atomic E-state index is 0.280. The monoisotopic (exact) mass is 311 g/mol. The molecule has 0 atom stereocenters. The van der Waals surface area contributed by atoms with Crippen LogP contribution in [0.15, 0.2) is 36.4 Å². The van der Waals surface area contributed by atoms with Crippen molar-refractivity contribution in [1.29, 1.82) is 0 Å². The van der Waals surface area contributed by atoms with E-state index in [4.69, 9.17) is 9.84 Å². The van der Waals surface area contributed by atoms with Crippen molar-refractivity contribution in [2.75, 3.05) is 7.11 Å². The number of aliphatic carboxylic acids is 1. The van der Waals surface area contributed by atoms with Gasteiger partial charge < -0.3 is 9.84 Å². The molecule has 1 heterocycles. The molecule has 22 heavy (non-hydrogen) atoms. The lowest BCUT2D eigenvalue weighted by Gasteiger charge is -2.11. The summed E-state index contributed by atoms with van der Waals surface area (Å²) in [5, 5.41) is 8.78. The quantitative estimate of drug-likeness (QED) is 0.940. The second kappa shape index (κ2) is 6.05. The van der Waals surface area contributed by atoms with Crippen molar-refractivity contribution in [2.24, 2.45) is 0 Å². The Bertz CT molecular complexity index is 681. The van der Waals surface area contributed by atoms with E-state index in [-0.39, 0.29) is 6.42 Å². The SMILES string of the molecule is COc1ccc(CC(=O)O)nc1-c1ccc(C(F)(F)F)cc1. The Morgan fingerprint density at radius 1 is 1.18 bits per heavy atom. The molecule has 0 aliphatic carbocycles. The van der Waals surface area contributed by atoms with Gasteiger partial charge in [-0.1, -0.05) is 12.1 Å². The molecule has 0 radical (unpaired) electrons. The predicted molar refractivity (Wildman–Crippen MR) is 72.6 cm³/mol. The average Bonchev–Trinajstić information content (AvgIpc) is 2.46. The molecule has 0 saturated heterocycles. The molecule has 0 fully saturated rings. The highest BCUT2D eigenvalue weighted by atomic mass is 19.4. The fourth-order valence-electron chi connectivity index (χ4n) is 1.93. The number of halogens is 3. The summed E-state index contributed by atoms with van der Waals surface area (Å²) in [5.74, 6) is -0.690. The summed E-state index contributed by atoms with van der Waals surface area (Å²) >= 11 is 0. The Balaban J connectivity index is 2.43. The van der Waals surface area contributed by atoms with Crippen LogP contribution < -0.4 is 4.74 Å². The van der Waals surface area contributed by atoms with Crippen LogP contribution in [0, 0.1) is 0 Å². The van der Waals surface area contributed by atoms with Gasteiger partial charge in [0.1, 0.15) is 11.4 Å². The zero-order chi connectivity index (χ0) is 16.3. The normalized spacial score (nSPS) is 11.3. The van der Waals surface area contributed by atoms with Crippen LogP contribution in [0.4, 0.5) is 13.2 Å². The van der Waals surface area contributed by atoms with Gasteiger partial charge in [-0.3, -0.25) is 4.79 Å². The second-order valence-electron chi connectivity index (χ2n) is 4.50. The maximum atomic E-state index is 12.6. The number of alkyl halides is 3. The summed E-state index contributed by atoms with van der Waals surface area (Å²) in [6.07, 6.45) is -4.70. The van der Waals surface area contributed by atoms with Crippen LogP contribution in [-0.2, 0) is 17.4 Å². The summed E-state index contributed by atoms with van der Waals surface area (Å²) < 4.78 is 42.8. The van der Waals surface area contributed by atoms with Crippen molar-refractivity contribution < 1.29 is 27.8 Å². The Kier molecular flexibility index (Phi) is 4.35. The number of aromatic nitrogens is 1. The molecular formula is C15H12F3NO3. The lowest BCUT2D eigenvalue weighted by molar-refractivity contribution is -0.138. The van der Waals surface area contributed by atoms with Gasteiger partial charge in [0.05, 0.1) is 24.8 Å². The number of rotatable bonds is 4. The van der Waals surface area contributed by atoms with Crippen LogP contribution in [-0.4, -0.2) is 23.2 Å². The van der Waals surface area contributed by atoms with Gasteiger partial charge in [0.15, 0.2) is 0 Å². The second-order valence-corrected chi connectivity index (χ2v) is 4.50. The number of hydrogen-bond acceptors (Lipinski definition) is 3. The Hall–Kier alpha value is -2.57. The van der Waals surface area contributed by atoms with Gasteiger partial charge in [-0.05, 0) is 24.3 Å². The fraction of sp³-hybridized carbons (Fsp3) is 0.200. The third kappa shape index (κ3) is 3.55. The molecule has 0 unspecified atom stereocenters. The number of hydrogen-bond donors (Lipinski definition) is 1. The van der Waals surface area contributed by atoms with E-state index in [9.17, 15) is 18.0 Å². The number of carbonyl (C=O) groups is 1. The number of methoxy groups -OCH3 is 1. The minimum Gasteiger partial charge on any atom is -0.494 e. The lowest BCUT2D eigenvalue weighted by Crippen LogP contribution is -2.05. The summed E-state index contributed by atoms with van der Waals surface area (Å²) in [6.45, 7) is 0. The van der Waals surface area contributed by atoms with E-state index < -0.39 is 17.7 Å². The highest BCUT2D eigenvalue weighted by Crippen LogP contribution is 2.33. The van der Waals surface area contributed by atoms with Crippen molar-refractivity contribution in [3.8, 4) is 17.0 Å². The number of carboxylic acids is 1. The van der Waals surface area contributed by atoms with Gasteiger partial charge >= 0.3 is 12.1 Å². The van der Waals surface area contributed by atoms with E-state index in [1.165, 1.54) is 31.4 Å². The number of ether oxygens (including phenoxy) is 1.